The number of para-hydroxylation sites is 3. The van der Waals surface area contributed by atoms with Crippen LogP contribution in [0, 0.1) is 0 Å². The Hall–Kier alpha value is -4.08. The minimum absolute atomic E-state index is 0.846. The fraction of sp³-hybridized carbons (Fsp3) is 0. The van der Waals surface area contributed by atoms with Crippen LogP contribution < -0.4 is 5.73 Å². The zero-order valence-corrected chi connectivity index (χ0v) is 18.6. The fourth-order valence-corrected chi connectivity index (χ4v) is 6.28. The molecule has 0 saturated carbocycles. The first-order valence-corrected chi connectivity index (χ1v) is 11.9. The quantitative estimate of drug-likeness (QED) is 0.269. The molecule has 0 aliphatic carbocycles. The summed E-state index contributed by atoms with van der Waals surface area (Å²) in [5, 5.41) is 4.90. The van der Waals surface area contributed by atoms with E-state index in [9.17, 15) is 0 Å². The van der Waals surface area contributed by atoms with Crippen LogP contribution in [0.15, 0.2) is 109 Å². The zero-order valence-electron chi connectivity index (χ0n) is 17.8. The van der Waals surface area contributed by atoms with Crippen molar-refractivity contribution in [2.45, 2.75) is 0 Å². The number of nitrogens with two attached hydrogens (primary N) is 1. The van der Waals surface area contributed by atoms with Crippen LogP contribution in [0.25, 0.3) is 58.8 Å². The van der Waals surface area contributed by atoms with Crippen LogP contribution in [0.5, 0.6) is 0 Å². The molecule has 0 radical (unpaired) electrons. The van der Waals surface area contributed by atoms with Crippen LogP contribution in [-0.2, 0) is 0 Å². The Morgan fingerprint density at radius 2 is 1.12 bits per heavy atom. The van der Waals surface area contributed by atoms with Gasteiger partial charge in [-0.2, -0.15) is 0 Å². The Labute approximate surface area is 195 Å². The second-order valence-corrected chi connectivity index (χ2v) is 9.47. The number of fused-ring (bicyclic) bond motifs is 6. The minimum Gasteiger partial charge on any atom is -0.398 e. The summed E-state index contributed by atoms with van der Waals surface area (Å²) in [6, 6.07) is 38.8. The van der Waals surface area contributed by atoms with Gasteiger partial charge in [-0.1, -0.05) is 78.9 Å². The van der Waals surface area contributed by atoms with Crippen LogP contribution in [0.3, 0.4) is 0 Å². The number of hydrogen-bond donors (Lipinski definition) is 1. The highest BCUT2D eigenvalue weighted by molar-refractivity contribution is 7.26. The number of rotatable bonds is 2. The van der Waals surface area contributed by atoms with Gasteiger partial charge in [0.25, 0.3) is 0 Å². The third-order valence-electron chi connectivity index (χ3n) is 6.60. The molecule has 0 aliphatic heterocycles. The zero-order chi connectivity index (χ0) is 21.9. The maximum Gasteiger partial charge on any atom is 0.0541 e. The Bertz CT molecular complexity index is 1780. The molecular weight excluding hydrogens is 420 g/mol. The number of anilines is 1. The summed E-state index contributed by atoms with van der Waals surface area (Å²) >= 11 is 1.80. The highest BCUT2D eigenvalue weighted by Gasteiger charge is 2.18. The average Bonchev–Trinajstić information content (AvgIpc) is 3.41. The van der Waals surface area contributed by atoms with Crippen LogP contribution in [0.1, 0.15) is 0 Å². The smallest absolute Gasteiger partial charge is 0.0541 e. The first-order valence-electron chi connectivity index (χ1n) is 11.1. The molecule has 0 atom stereocenters. The molecule has 7 aromatic rings. The lowest BCUT2D eigenvalue weighted by atomic mass is 9.98. The van der Waals surface area contributed by atoms with E-state index >= 15 is 0 Å². The average molecular weight is 441 g/mol. The van der Waals surface area contributed by atoms with Gasteiger partial charge >= 0.3 is 0 Å². The summed E-state index contributed by atoms with van der Waals surface area (Å²) in [4.78, 5) is 0. The molecule has 0 unspecified atom stereocenters. The Balaban J connectivity index is 1.58. The normalized spacial score (nSPS) is 11.8. The van der Waals surface area contributed by atoms with E-state index in [1.54, 1.807) is 11.3 Å². The van der Waals surface area contributed by atoms with E-state index in [0.717, 1.165) is 27.9 Å². The van der Waals surface area contributed by atoms with Crippen molar-refractivity contribution in [1.29, 1.82) is 0 Å². The maximum atomic E-state index is 6.91. The topological polar surface area (TPSA) is 30.9 Å². The lowest BCUT2D eigenvalue weighted by molar-refractivity contribution is 1.18. The van der Waals surface area contributed by atoms with Crippen LogP contribution in [0.2, 0.25) is 0 Å². The van der Waals surface area contributed by atoms with Crippen LogP contribution in [0.4, 0.5) is 5.69 Å². The van der Waals surface area contributed by atoms with Crippen molar-refractivity contribution >= 4 is 59.0 Å². The lowest BCUT2D eigenvalue weighted by Crippen LogP contribution is -1.99. The highest BCUT2D eigenvalue weighted by atomic mass is 32.1. The monoisotopic (exact) mass is 440 g/mol. The first-order chi connectivity index (χ1) is 16.3. The van der Waals surface area contributed by atoms with E-state index in [0.29, 0.717) is 0 Å². The second-order valence-electron chi connectivity index (χ2n) is 8.39. The molecule has 33 heavy (non-hydrogen) atoms. The van der Waals surface area contributed by atoms with Crippen molar-refractivity contribution in [2.24, 2.45) is 0 Å². The van der Waals surface area contributed by atoms with Crippen molar-refractivity contribution in [3.63, 3.8) is 0 Å². The Morgan fingerprint density at radius 3 is 1.88 bits per heavy atom. The molecule has 156 valence electrons. The standard InChI is InChI=1S/C30H20N2S/c31-30-22(17-18-28-29(30)23-12-4-8-16-27(23)33-28)21-11-3-7-15-26(21)32-24-13-5-1-9-19(24)20-10-2-6-14-25(20)32/h1-18H,31H2. The minimum atomic E-state index is 0.846. The third-order valence-corrected chi connectivity index (χ3v) is 7.73. The van der Waals surface area contributed by atoms with Gasteiger partial charge < -0.3 is 10.3 Å². The molecule has 2 aromatic heterocycles. The van der Waals surface area contributed by atoms with Crippen molar-refractivity contribution < 1.29 is 0 Å². The predicted octanol–water partition coefficient (Wildman–Crippen LogP) is 8.40. The molecule has 0 saturated heterocycles. The van der Waals surface area contributed by atoms with Crippen molar-refractivity contribution in [3.8, 4) is 16.8 Å². The van der Waals surface area contributed by atoms with Gasteiger partial charge in [0.2, 0.25) is 0 Å². The SMILES string of the molecule is Nc1c(-c2ccccc2-n2c3ccccc3c3ccccc32)ccc2sc3ccccc3c12. The number of aromatic nitrogens is 1. The van der Waals surface area contributed by atoms with Gasteiger partial charge in [-0.15, -0.1) is 11.3 Å². The van der Waals surface area contributed by atoms with Gasteiger partial charge in [-0.25, -0.2) is 0 Å². The summed E-state index contributed by atoms with van der Waals surface area (Å²) in [6.07, 6.45) is 0. The summed E-state index contributed by atoms with van der Waals surface area (Å²) in [5.41, 5.74) is 13.5. The van der Waals surface area contributed by atoms with Gasteiger partial charge in [0.05, 0.1) is 16.7 Å². The Morgan fingerprint density at radius 1 is 0.515 bits per heavy atom. The molecule has 2 heterocycles. The van der Waals surface area contributed by atoms with Gasteiger partial charge in [-0.05, 0) is 30.3 Å². The Kier molecular flexibility index (Phi) is 3.90. The molecule has 0 spiro atoms. The molecule has 7 rings (SSSR count). The molecule has 2 N–H and O–H groups in total. The summed E-state index contributed by atoms with van der Waals surface area (Å²) in [5.74, 6) is 0. The largest absolute Gasteiger partial charge is 0.398 e. The molecule has 0 amide bonds. The fourth-order valence-electron chi connectivity index (χ4n) is 5.16. The number of benzene rings is 5. The summed E-state index contributed by atoms with van der Waals surface area (Å²) in [7, 11) is 0. The van der Waals surface area contributed by atoms with E-state index in [1.807, 2.05) is 0 Å². The number of thiophene rings is 1. The number of nitrogens with zero attached hydrogens (tertiary/aromatic N) is 1. The molecule has 5 aromatic carbocycles. The summed E-state index contributed by atoms with van der Waals surface area (Å²) < 4.78 is 4.87. The highest BCUT2D eigenvalue weighted by Crippen LogP contribution is 2.43. The predicted molar refractivity (Wildman–Crippen MR) is 144 cm³/mol. The molecule has 3 heteroatoms. The molecular formula is C30H20N2S. The van der Waals surface area contributed by atoms with Crippen LogP contribution >= 0.6 is 11.3 Å². The molecule has 2 nitrogen and oxygen atoms in total. The van der Waals surface area contributed by atoms with Gasteiger partial charge in [0, 0.05) is 47.8 Å². The van der Waals surface area contributed by atoms with E-state index in [-0.39, 0.29) is 0 Å². The third kappa shape index (κ3) is 2.60. The van der Waals surface area contributed by atoms with Gasteiger partial charge in [0.15, 0.2) is 0 Å². The van der Waals surface area contributed by atoms with Crippen molar-refractivity contribution in [1.82, 2.24) is 4.57 Å². The van der Waals surface area contributed by atoms with Gasteiger partial charge in [-0.3, -0.25) is 0 Å². The van der Waals surface area contributed by atoms with Crippen molar-refractivity contribution in [3.05, 3.63) is 109 Å². The van der Waals surface area contributed by atoms with Crippen molar-refractivity contribution in [2.75, 3.05) is 5.73 Å². The number of nitrogen functional groups attached to an aromatic ring is 1. The summed E-state index contributed by atoms with van der Waals surface area (Å²) in [6.45, 7) is 0. The second kappa shape index (κ2) is 6.96. The van der Waals surface area contributed by atoms with Crippen LogP contribution in [-0.4, -0.2) is 4.57 Å². The van der Waals surface area contributed by atoms with E-state index in [2.05, 4.69) is 114 Å². The van der Waals surface area contributed by atoms with E-state index < -0.39 is 0 Å². The maximum absolute atomic E-state index is 6.91. The molecule has 0 bridgehead atoms. The number of hydrogen-bond acceptors (Lipinski definition) is 2. The van der Waals surface area contributed by atoms with E-state index in [4.69, 9.17) is 5.73 Å². The lowest BCUT2D eigenvalue weighted by Gasteiger charge is -2.16. The van der Waals surface area contributed by atoms with Gasteiger partial charge in [0.1, 0.15) is 0 Å². The molecule has 0 fully saturated rings. The molecule has 0 aliphatic rings. The van der Waals surface area contributed by atoms with E-state index in [1.165, 1.54) is 36.6 Å². The first kappa shape index (κ1) is 18.5.